The molecule has 0 bridgehead atoms. The van der Waals surface area contributed by atoms with Crippen LogP contribution in [0, 0.1) is 0 Å². The quantitative estimate of drug-likeness (QED) is 0.417. The van der Waals surface area contributed by atoms with Gasteiger partial charge < -0.3 is 0 Å². The Bertz CT molecular complexity index is 478. The summed E-state index contributed by atoms with van der Waals surface area (Å²) >= 11 is 0. The number of sulfone groups is 1. The minimum absolute atomic E-state index is 0.0868. The average molecular weight is 300 g/mol. The molecule has 98 valence electrons. The number of hydrogen-bond acceptors (Lipinski definition) is 4. The molecule has 1 aromatic carbocycles. The summed E-state index contributed by atoms with van der Waals surface area (Å²) < 4.78 is 23.6. The van der Waals surface area contributed by atoms with E-state index in [-0.39, 0.29) is 11.5 Å². The molecule has 0 aliphatic rings. The number of rotatable bonds is 8. The third kappa shape index (κ3) is 6.93. The van der Waals surface area contributed by atoms with Crippen molar-refractivity contribution in [1.29, 1.82) is 0 Å². The first kappa shape index (κ1) is 15.4. The summed E-state index contributed by atoms with van der Waals surface area (Å²) in [5.74, 6) is 1.04. The van der Waals surface area contributed by atoms with Gasteiger partial charge in [0.1, 0.15) is 0 Å². The van der Waals surface area contributed by atoms with Crippen LogP contribution in [-0.4, -0.2) is 19.9 Å². The van der Waals surface area contributed by atoms with Gasteiger partial charge in [-0.25, -0.2) is 8.42 Å². The van der Waals surface area contributed by atoms with Gasteiger partial charge in [-0.3, -0.25) is 0 Å². The Labute approximate surface area is 117 Å². The molecule has 1 rings (SSSR count). The zero-order valence-electron chi connectivity index (χ0n) is 9.99. The highest BCUT2D eigenvalue weighted by atomic mass is 33.1. The van der Waals surface area contributed by atoms with E-state index in [1.807, 2.05) is 41.8 Å². The van der Waals surface area contributed by atoms with E-state index >= 15 is 0 Å². The summed E-state index contributed by atoms with van der Waals surface area (Å²) in [7, 11) is 0.0931. The molecule has 1 aromatic rings. The van der Waals surface area contributed by atoms with Gasteiger partial charge in [-0.15, -0.1) is 6.58 Å². The lowest BCUT2D eigenvalue weighted by molar-refractivity contribution is 0.598. The van der Waals surface area contributed by atoms with Gasteiger partial charge in [-0.2, -0.15) is 0 Å². The average Bonchev–Trinajstić information content (AvgIpc) is 2.34. The van der Waals surface area contributed by atoms with Crippen LogP contribution in [0.4, 0.5) is 0 Å². The maximum atomic E-state index is 11.8. The third-order valence-corrected chi connectivity index (χ3v) is 5.42. The van der Waals surface area contributed by atoms with Gasteiger partial charge in [0.15, 0.2) is 9.84 Å². The van der Waals surface area contributed by atoms with E-state index in [9.17, 15) is 8.42 Å². The van der Waals surface area contributed by atoms with Crippen molar-refractivity contribution in [2.75, 3.05) is 11.5 Å². The Morgan fingerprint density at radius 3 is 2.61 bits per heavy atom. The van der Waals surface area contributed by atoms with Crippen LogP contribution in [0.3, 0.4) is 0 Å². The SMILES string of the molecule is C=CCSS/C=C/CS(=O)(=O)Cc1ccccc1. The van der Waals surface area contributed by atoms with E-state index < -0.39 is 9.84 Å². The lowest BCUT2D eigenvalue weighted by atomic mass is 10.2. The van der Waals surface area contributed by atoms with E-state index in [0.717, 1.165) is 11.3 Å². The van der Waals surface area contributed by atoms with Gasteiger partial charge in [0, 0.05) is 5.75 Å². The molecule has 18 heavy (non-hydrogen) atoms. The first-order valence-electron chi connectivity index (χ1n) is 5.42. The van der Waals surface area contributed by atoms with Crippen molar-refractivity contribution in [3.05, 3.63) is 60.0 Å². The van der Waals surface area contributed by atoms with Crippen molar-refractivity contribution in [3.8, 4) is 0 Å². The summed E-state index contributed by atoms with van der Waals surface area (Å²) in [5, 5.41) is 1.82. The number of hydrogen-bond donors (Lipinski definition) is 0. The van der Waals surface area contributed by atoms with Gasteiger partial charge in [0.2, 0.25) is 0 Å². The summed E-state index contributed by atoms with van der Waals surface area (Å²) in [4.78, 5) is 0. The minimum Gasteiger partial charge on any atom is -0.228 e. The van der Waals surface area contributed by atoms with Crippen LogP contribution < -0.4 is 0 Å². The molecule has 0 heterocycles. The van der Waals surface area contributed by atoms with E-state index in [2.05, 4.69) is 6.58 Å². The summed E-state index contributed by atoms with van der Waals surface area (Å²) in [6.45, 7) is 3.61. The van der Waals surface area contributed by atoms with Crippen molar-refractivity contribution in [2.24, 2.45) is 0 Å². The first-order chi connectivity index (χ1) is 8.64. The second-order valence-corrected chi connectivity index (χ2v) is 8.01. The largest absolute Gasteiger partial charge is 0.228 e. The normalized spacial score (nSPS) is 11.8. The standard InChI is InChI=1S/C13H16O2S3/c1-2-9-16-17-10-6-11-18(14,15)12-13-7-4-3-5-8-13/h2-8,10H,1,9,11-12H2/b10-6+. The number of benzene rings is 1. The Balaban J connectivity index is 2.38. The zero-order valence-corrected chi connectivity index (χ0v) is 12.4. The molecule has 0 saturated carbocycles. The molecule has 0 fully saturated rings. The molecule has 2 nitrogen and oxygen atoms in total. The molecule has 5 heteroatoms. The zero-order chi connectivity index (χ0) is 13.3. The van der Waals surface area contributed by atoms with Gasteiger partial charge in [-0.05, 0) is 11.0 Å². The van der Waals surface area contributed by atoms with Crippen molar-refractivity contribution in [3.63, 3.8) is 0 Å². The second-order valence-electron chi connectivity index (χ2n) is 3.58. The first-order valence-corrected chi connectivity index (χ1v) is 9.63. The van der Waals surface area contributed by atoms with Crippen LogP contribution in [0.25, 0.3) is 0 Å². The predicted molar refractivity (Wildman–Crippen MR) is 83.3 cm³/mol. The van der Waals surface area contributed by atoms with Crippen molar-refractivity contribution < 1.29 is 8.42 Å². The summed E-state index contributed by atoms with van der Waals surface area (Å²) in [5.41, 5.74) is 0.833. The van der Waals surface area contributed by atoms with E-state index in [1.165, 1.54) is 10.8 Å². The van der Waals surface area contributed by atoms with Gasteiger partial charge in [0.05, 0.1) is 11.5 Å². The lowest BCUT2D eigenvalue weighted by Gasteiger charge is -2.01. The molecule has 0 aliphatic heterocycles. The van der Waals surface area contributed by atoms with E-state index in [1.54, 1.807) is 16.9 Å². The molecule has 0 radical (unpaired) electrons. The van der Waals surface area contributed by atoms with Crippen LogP contribution in [-0.2, 0) is 15.6 Å². The van der Waals surface area contributed by atoms with Crippen molar-refractivity contribution in [1.82, 2.24) is 0 Å². The third-order valence-electron chi connectivity index (χ3n) is 1.99. The minimum atomic E-state index is -3.06. The summed E-state index contributed by atoms with van der Waals surface area (Å²) in [6, 6.07) is 9.24. The van der Waals surface area contributed by atoms with E-state index in [0.29, 0.717) is 0 Å². The topological polar surface area (TPSA) is 34.1 Å². The van der Waals surface area contributed by atoms with Gasteiger partial charge in [-0.1, -0.05) is 64.1 Å². The highest BCUT2D eigenvalue weighted by molar-refractivity contribution is 8.77. The Kier molecular flexibility index (Phi) is 7.23. The fourth-order valence-electron chi connectivity index (χ4n) is 1.24. The molecule has 0 unspecified atom stereocenters. The molecule has 0 aromatic heterocycles. The Morgan fingerprint density at radius 1 is 1.22 bits per heavy atom. The van der Waals surface area contributed by atoms with Crippen LogP contribution in [0.15, 0.2) is 54.5 Å². The smallest absolute Gasteiger partial charge is 0.158 e. The Hall–Kier alpha value is -0.650. The monoisotopic (exact) mass is 300 g/mol. The maximum Gasteiger partial charge on any atom is 0.158 e. The lowest BCUT2D eigenvalue weighted by Crippen LogP contribution is -2.07. The highest BCUT2D eigenvalue weighted by Crippen LogP contribution is 2.22. The van der Waals surface area contributed by atoms with Crippen LogP contribution in [0.2, 0.25) is 0 Å². The maximum absolute atomic E-state index is 11.8. The second kappa shape index (κ2) is 8.45. The molecule has 0 amide bonds. The fraction of sp³-hybridized carbons (Fsp3) is 0.231. The van der Waals surface area contributed by atoms with Crippen molar-refractivity contribution >= 4 is 31.4 Å². The van der Waals surface area contributed by atoms with Crippen LogP contribution in [0.5, 0.6) is 0 Å². The van der Waals surface area contributed by atoms with Gasteiger partial charge in [0.25, 0.3) is 0 Å². The predicted octanol–water partition coefficient (Wildman–Crippen LogP) is 3.68. The van der Waals surface area contributed by atoms with Crippen LogP contribution >= 0.6 is 21.6 Å². The molecular weight excluding hydrogens is 284 g/mol. The molecule has 0 spiro atoms. The molecule has 0 atom stereocenters. The molecular formula is C13H16O2S3. The fourth-order valence-corrected chi connectivity index (χ4v) is 3.99. The molecule has 0 saturated heterocycles. The van der Waals surface area contributed by atoms with Crippen molar-refractivity contribution in [2.45, 2.75) is 5.75 Å². The summed E-state index contributed by atoms with van der Waals surface area (Å²) in [6.07, 6.45) is 3.51. The van der Waals surface area contributed by atoms with E-state index in [4.69, 9.17) is 0 Å². The molecule has 0 N–H and O–H groups in total. The van der Waals surface area contributed by atoms with Gasteiger partial charge >= 0.3 is 0 Å². The Morgan fingerprint density at radius 2 is 1.94 bits per heavy atom. The molecule has 0 aliphatic carbocycles. The van der Waals surface area contributed by atoms with Crippen LogP contribution in [0.1, 0.15) is 5.56 Å². The highest BCUT2D eigenvalue weighted by Gasteiger charge is 2.09.